The van der Waals surface area contributed by atoms with Gasteiger partial charge in [0.1, 0.15) is 6.54 Å². The van der Waals surface area contributed by atoms with Crippen molar-refractivity contribution < 1.29 is 33.0 Å². The van der Waals surface area contributed by atoms with Crippen LogP contribution < -0.4 is 0 Å². The average Bonchev–Trinajstić information content (AvgIpc) is 2.82. The molecule has 0 radical (unpaired) electrons. The van der Waals surface area contributed by atoms with E-state index in [4.69, 9.17) is 0 Å². The predicted molar refractivity (Wildman–Crippen MR) is 59.3 cm³/mol. The fourth-order valence-electron chi connectivity index (χ4n) is 2.51. The molecule has 2 rings (SSSR count). The highest BCUT2D eigenvalue weighted by atomic mass is 19.4. The zero-order valence-corrected chi connectivity index (χ0v) is 10.5. The van der Waals surface area contributed by atoms with Crippen LogP contribution in [0.1, 0.15) is 6.42 Å². The van der Waals surface area contributed by atoms with Crippen LogP contribution in [-0.2, 0) is 9.59 Å². The number of halogens is 3. The van der Waals surface area contributed by atoms with Gasteiger partial charge in [0.05, 0.1) is 18.1 Å². The second-order valence-electron chi connectivity index (χ2n) is 5.17. The number of β-amino-alcohol motifs (C(OH)–C–C–N with tert-alkyl or cyclic N) is 2. The number of amides is 2. The highest BCUT2D eigenvalue weighted by molar-refractivity contribution is 5.89. The molecule has 0 aliphatic carbocycles. The Bertz CT molecular complexity index is 405. The monoisotopic (exact) mass is 296 g/mol. The van der Waals surface area contributed by atoms with Gasteiger partial charge in [0.2, 0.25) is 11.8 Å². The third-order valence-electron chi connectivity index (χ3n) is 3.50. The number of alkyl halides is 3. The molecule has 0 aromatic rings. The van der Waals surface area contributed by atoms with Crippen LogP contribution in [0, 0.1) is 5.92 Å². The molecule has 2 aliphatic heterocycles. The minimum atomic E-state index is -4.49. The Kier molecular flexibility index (Phi) is 3.92. The summed E-state index contributed by atoms with van der Waals surface area (Å²) in [6.45, 7) is -1.77. The standard InChI is InChI=1S/C11H15F3N2O4/c12-11(13,14)5-16-2-6(1-9(16)19)10(20)15-3-7(17)8(18)4-15/h6-8,17-18H,1-5H2/t6?,7-,8+. The molecule has 2 aliphatic rings. The third-order valence-corrected chi connectivity index (χ3v) is 3.50. The minimum Gasteiger partial charge on any atom is -0.388 e. The lowest BCUT2D eigenvalue weighted by Crippen LogP contribution is -2.38. The number of carbonyl (C=O) groups excluding carboxylic acids is 2. The van der Waals surface area contributed by atoms with Crippen molar-refractivity contribution in [3.63, 3.8) is 0 Å². The first-order valence-corrected chi connectivity index (χ1v) is 6.17. The van der Waals surface area contributed by atoms with E-state index in [1.807, 2.05) is 0 Å². The van der Waals surface area contributed by atoms with E-state index in [2.05, 4.69) is 0 Å². The SMILES string of the molecule is O=C1CC(C(=O)N2C[C@@H](O)[C@@H](O)C2)CN1CC(F)(F)F. The molecule has 114 valence electrons. The van der Waals surface area contributed by atoms with Gasteiger partial charge in [-0.2, -0.15) is 13.2 Å². The number of likely N-dealkylation sites (tertiary alicyclic amines) is 2. The van der Waals surface area contributed by atoms with Crippen LogP contribution in [0.25, 0.3) is 0 Å². The summed E-state index contributed by atoms with van der Waals surface area (Å²) >= 11 is 0. The summed E-state index contributed by atoms with van der Waals surface area (Å²) in [6.07, 6.45) is -6.87. The van der Waals surface area contributed by atoms with Crippen LogP contribution in [0.5, 0.6) is 0 Å². The lowest BCUT2D eigenvalue weighted by atomic mass is 10.1. The summed E-state index contributed by atoms with van der Waals surface area (Å²) in [4.78, 5) is 25.3. The zero-order valence-electron chi connectivity index (χ0n) is 10.5. The average molecular weight is 296 g/mol. The lowest BCUT2D eigenvalue weighted by Gasteiger charge is -2.21. The normalized spacial score (nSPS) is 31.2. The van der Waals surface area contributed by atoms with Crippen molar-refractivity contribution in [3.05, 3.63) is 0 Å². The molecular formula is C11H15F3N2O4. The Morgan fingerprint density at radius 2 is 1.75 bits per heavy atom. The van der Waals surface area contributed by atoms with Crippen molar-refractivity contribution in [2.24, 2.45) is 5.92 Å². The predicted octanol–water partition coefficient (Wildman–Crippen LogP) is -1.04. The molecule has 0 bridgehead atoms. The Labute approximate surface area is 112 Å². The summed E-state index contributed by atoms with van der Waals surface area (Å²) in [7, 11) is 0. The number of nitrogens with zero attached hydrogens (tertiary/aromatic N) is 2. The molecule has 2 amide bonds. The number of aliphatic hydroxyl groups is 2. The Morgan fingerprint density at radius 1 is 1.20 bits per heavy atom. The molecule has 6 nitrogen and oxygen atoms in total. The second-order valence-corrected chi connectivity index (χ2v) is 5.17. The van der Waals surface area contributed by atoms with E-state index < -0.39 is 42.7 Å². The Hall–Kier alpha value is -1.35. The van der Waals surface area contributed by atoms with Crippen LogP contribution in [0.15, 0.2) is 0 Å². The quantitative estimate of drug-likeness (QED) is 0.682. The van der Waals surface area contributed by atoms with Crippen molar-refractivity contribution >= 4 is 11.8 Å². The van der Waals surface area contributed by atoms with E-state index in [9.17, 15) is 33.0 Å². The molecule has 9 heteroatoms. The van der Waals surface area contributed by atoms with Crippen molar-refractivity contribution in [1.82, 2.24) is 9.80 Å². The van der Waals surface area contributed by atoms with Crippen LogP contribution in [0.2, 0.25) is 0 Å². The minimum absolute atomic E-state index is 0.0655. The van der Waals surface area contributed by atoms with Gasteiger partial charge < -0.3 is 20.0 Å². The first-order chi connectivity index (χ1) is 9.17. The van der Waals surface area contributed by atoms with Gasteiger partial charge in [-0.1, -0.05) is 0 Å². The van der Waals surface area contributed by atoms with E-state index in [0.29, 0.717) is 4.90 Å². The largest absolute Gasteiger partial charge is 0.406 e. The second kappa shape index (κ2) is 5.21. The molecule has 0 aromatic carbocycles. The topological polar surface area (TPSA) is 81.1 Å². The van der Waals surface area contributed by atoms with Gasteiger partial charge in [-0.05, 0) is 0 Å². The van der Waals surface area contributed by atoms with E-state index >= 15 is 0 Å². The van der Waals surface area contributed by atoms with E-state index in [1.54, 1.807) is 0 Å². The molecular weight excluding hydrogens is 281 g/mol. The van der Waals surface area contributed by atoms with Gasteiger partial charge in [0.25, 0.3) is 0 Å². The number of carbonyl (C=O) groups is 2. The first-order valence-electron chi connectivity index (χ1n) is 6.17. The summed E-state index contributed by atoms with van der Waals surface area (Å²) in [5, 5.41) is 18.7. The molecule has 20 heavy (non-hydrogen) atoms. The van der Waals surface area contributed by atoms with Crippen molar-refractivity contribution in [3.8, 4) is 0 Å². The summed E-state index contributed by atoms with van der Waals surface area (Å²) in [5.74, 6) is -2.05. The molecule has 2 heterocycles. The molecule has 2 saturated heterocycles. The van der Waals surface area contributed by atoms with Gasteiger partial charge in [-0.3, -0.25) is 9.59 Å². The van der Waals surface area contributed by atoms with Crippen LogP contribution >= 0.6 is 0 Å². The first kappa shape index (κ1) is 15.0. The smallest absolute Gasteiger partial charge is 0.388 e. The van der Waals surface area contributed by atoms with Gasteiger partial charge in [0, 0.05) is 26.1 Å². The summed E-state index contributed by atoms with van der Waals surface area (Å²) < 4.78 is 36.8. The summed E-state index contributed by atoms with van der Waals surface area (Å²) in [5.41, 5.74) is 0. The lowest BCUT2D eigenvalue weighted by molar-refractivity contribution is -0.157. The maximum absolute atomic E-state index is 12.3. The number of rotatable bonds is 2. The molecule has 0 saturated carbocycles. The van der Waals surface area contributed by atoms with E-state index in [0.717, 1.165) is 0 Å². The molecule has 3 atom stereocenters. The van der Waals surface area contributed by atoms with E-state index in [1.165, 1.54) is 4.90 Å². The van der Waals surface area contributed by atoms with Crippen LogP contribution in [0.3, 0.4) is 0 Å². The highest BCUT2D eigenvalue weighted by Gasteiger charge is 2.43. The molecule has 0 aromatic heterocycles. The molecule has 1 unspecified atom stereocenters. The highest BCUT2D eigenvalue weighted by Crippen LogP contribution is 2.26. The Morgan fingerprint density at radius 3 is 2.25 bits per heavy atom. The van der Waals surface area contributed by atoms with Crippen LogP contribution in [-0.4, -0.2) is 76.4 Å². The van der Waals surface area contributed by atoms with Crippen molar-refractivity contribution in [1.29, 1.82) is 0 Å². The zero-order chi connectivity index (χ0) is 15.1. The number of hydrogen-bond donors (Lipinski definition) is 2. The maximum atomic E-state index is 12.3. The van der Waals surface area contributed by atoms with Gasteiger partial charge >= 0.3 is 6.18 Å². The van der Waals surface area contributed by atoms with Gasteiger partial charge in [-0.25, -0.2) is 0 Å². The Balaban J connectivity index is 1.95. The van der Waals surface area contributed by atoms with Gasteiger partial charge in [-0.15, -0.1) is 0 Å². The van der Waals surface area contributed by atoms with Crippen molar-refractivity contribution in [2.45, 2.75) is 24.8 Å². The molecule has 2 fully saturated rings. The van der Waals surface area contributed by atoms with Crippen LogP contribution in [0.4, 0.5) is 13.2 Å². The fourth-order valence-corrected chi connectivity index (χ4v) is 2.51. The maximum Gasteiger partial charge on any atom is 0.406 e. The fraction of sp³-hybridized carbons (Fsp3) is 0.818. The summed E-state index contributed by atoms with van der Waals surface area (Å²) in [6, 6.07) is 0. The van der Waals surface area contributed by atoms with Gasteiger partial charge in [0.15, 0.2) is 0 Å². The van der Waals surface area contributed by atoms with E-state index in [-0.39, 0.29) is 26.1 Å². The van der Waals surface area contributed by atoms with Crippen molar-refractivity contribution in [2.75, 3.05) is 26.2 Å². The number of hydrogen-bond acceptors (Lipinski definition) is 4. The molecule has 2 N–H and O–H groups in total. The number of aliphatic hydroxyl groups excluding tert-OH is 2. The third kappa shape index (κ3) is 3.21. The molecule has 0 spiro atoms.